The molecule has 0 aliphatic carbocycles. The van der Waals surface area contributed by atoms with E-state index in [0.717, 1.165) is 11.1 Å². The lowest BCUT2D eigenvalue weighted by Crippen LogP contribution is -2.43. The number of alkyl carbamates (subject to hydrolysis) is 1. The zero-order valence-electron chi connectivity index (χ0n) is 16.0. The first-order chi connectivity index (χ1) is 11.4. The second-order valence-corrected chi connectivity index (χ2v) is 7.30. The molecule has 1 aromatic rings. The Balaban J connectivity index is 2.64. The van der Waals surface area contributed by atoms with E-state index < -0.39 is 29.8 Å². The fourth-order valence-electron chi connectivity index (χ4n) is 2.33. The maximum atomic E-state index is 13.2. The van der Waals surface area contributed by atoms with E-state index in [4.69, 9.17) is 9.47 Å². The zero-order valence-corrected chi connectivity index (χ0v) is 16.0. The minimum Gasteiger partial charge on any atom is -0.461 e. The van der Waals surface area contributed by atoms with Crippen molar-refractivity contribution in [2.75, 3.05) is 0 Å². The summed E-state index contributed by atoms with van der Waals surface area (Å²) in [7, 11) is 0. The number of ether oxygens (including phenoxy) is 2. The molecule has 5 nitrogen and oxygen atoms in total. The molecule has 0 radical (unpaired) electrons. The molecule has 3 atom stereocenters. The van der Waals surface area contributed by atoms with Gasteiger partial charge in [0.1, 0.15) is 23.6 Å². The maximum absolute atomic E-state index is 13.2. The quantitative estimate of drug-likeness (QED) is 0.810. The van der Waals surface area contributed by atoms with Crippen LogP contribution >= 0.6 is 0 Å². The molecular weight excluding hydrogens is 325 g/mol. The number of hydrogen-bond donors (Lipinski definition) is 1. The van der Waals surface area contributed by atoms with Crippen molar-refractivity contribution >= 4 is 12.1 Å². The Morgan fingerprint density at radius 3 is 2.28 bits per heavy atom. The van der Waals surface area contributed by atoms with Crippen molar-refractivity contribution in [3.05, 3.63) is 35.1 Å². The molecule has 0 aliphatic heterocycles. The highest BCUT2D eigenvalue weighted by molar-refractivity contribution is 5.81. The molecule has 140 valence electrons. The average molecular weight is 353 g/mol. The van der Waals surface area contributed by atoms with E-state index >= 15 is 0 Å². The van der Waals surface area contributed by atoms with Gasteiger partial charge in [-0.25, -0.2) is 14.0 Å². The van der Waals surface area contributed by atoms with E-state index in [1.165, 1.54) is 19.1 Å². The first-order valence-corrected chi connectivity index (χ1v) is 8.36. The third-order valence-corrected chi connectivity index (χ3v) is 3.82. The van der Waals surface area contributed by atoms with Gasteiger partial charge in [-0.2, -0.15) is 0 Å². The topological polar surface area (TPSA) is 64.6 Å². The number of nitrogens with one attached hydrogen (secondary N) is 1. The van der Waals surface area contributed by atoms with Crippen LogP contribution < -0.4 is 5.32 Å². The van der Waals surface area contributed by atoms with Crippen molar-refractivity contribution in [3.63, 3.8) is 0 Å². The van der Waals surface area contributed by atoms with Gasteiger partial charge < -0.3 is 14.8 Å². The van der Waals surface area contributed by atoms with Gasteiger partial charge in [0.25, 0.3) is 0 Å². The highest BCUT2D eigenvalue weighted by Crippen LogP contribution is 2.25. The predicted molar refractivity (Wildman–Crippen MR) is 93.9 cm³/mol. The van der Waals surface area contributed by atoms with Gasteiger partial charge in [0.15, 0.2) is 0 Å². The molecule has 0 heterocycles. The van der Waals surface area contributed by atoms with Crippen LogP contribution in [0.1, 0.15) is 58.6 Å². The number of benzene rings is 1. The number of rotatable bonds is 5. The van der Waals surface area contributed by atoms with Crippen molar-refractivity contribution in [1.82, 2.24) is 5.32 Å². The number of carbonyl (C=O) groups excluding carboxylic acids is 2. The molecule has 6 heteroatoms. The summed E-state index contributed by atoms with van der Waals surface area (Å²) in [5.41, 5.74) is 1.07. The lowest BCUT2D eigenvalue weighted by Gasteiger charge is -2.25. The molecule has 0 fully saturated rings. The van der Waals surface area contributed by atoms with E-state index in [-0.39, 0.29) is 11.7 Å². The van der Waals surface area contributed by atoms with Gasteiger partial charge in [-0.05, 0) is 64.8 Å². The van der Waals surface area contributed by atoms with Gasteiger partial charge in [-0.3, -0.25) is 0 Å². The molecule has 0 saturated heterocycles. The van der Waals surface area contributed by atoms with Crippen molar-refractivity contribution in [1.29, 1.82) is 0 Å². The van der Waals surface area contributed by atoms with Crippen LogP contribution in [0.3, 0.4) is 0 Å². The normalized spacial score (nSPS) is 15.0. The Bertz CT molecular complexity index is 624. The van der Waals surface area contributed by atoms with Crippen molar-refractivity contribution < 1.29 is 23.5 Å². The fraction of sp³-hybridized carbons (Fsp3) is 0.579. The summed E-state index contributed by atoms with van der Waals surface area (Å²) < 4.78 is 23.8. The zero-order chi connectivity index (χ0) is 19.4. The molecule has 1 amide bonds. The van der Waals surface area contributed by atoms with Crippen LogP contribution in [-0.2, 0) is 14.3 Å². The Morgan fingerprint density at radius 1 is 1.16 bits per heavy atom. The molecule has 0 aliphatic rings. The third-order valence-electron chi connectivity index (χ3n) is 3.82. The summed E-state index contributed by atoms with van der Waals surface area (Å²) in [6, 6.07) is 3.70. The van der Waals surface area contributed by atoms with E-state index in [1.807, 2.05) is 13.8 Å². The summed E-state index contributed by atoms with van der Waals surface area (Å²) in [5, 5.41) is 2.45. The number of esters is 1. The number of amides is 1. The molecule has 0 spiro atoms. The van der Waals surface area contributed by atoms with Crippen molar-refractivity contribution in [3.8, 4) is 0 Å². The van der Waals surface area contributed by atoms with E-state index in [1.54, 1.807) is 33.8 Å². The number of halogens is 1. The largest absolute Gasteiger partial charge is 0.461 e. The van der Waals surface area contributed by atoms with Gasteiger partial charge in [0.2, 0.25) is 0 Å². The van der Waals surface area contributed by atoms with Crippen LogP contribution in [-0.4, -0.2) is 29.8 Å². The molecule has 0 bridgehead atoms. The lowest BCUT2D eigenvalue weighted by atomic mass is 9.92. The first kappa shape index (κ1) is 20.9. The number of aryl methyl sites for hydroxylation is 1. The van der Waals surface area contributed by atoms with Crippen molar-refractivity contribution in [2.45, 2.75) is 72.1 Å². The van der Waals surface area contributed by atoms with E-state index in [0.29, 0.717) is 0 Å². The Kier molecular flexibility index (Phi) is 6.96. The van der Waals surface area contributed by atoms with Gasteiger partial charge in [-0.15, -0.1) is 0 Å². The SMILES string of the molecule is Cc1cc(F)ccc1[C@H](C)[C@H](C)OC(=O)[C@@H](C)NC(=O)OC(C)(C)C. The fourth-order valence-corrected chi connectivity index (χ4v) is 2.33. The first-order valence-electron chi connectivity index (χ1n) is 8.36. The van der Waals surface area contributed by atoms with Crippen LogP contribution in [0.2, 0.25) is 0 Å². The molecule has 1 rings (SSSR count). The van der Waals surface area contributed by atoms with E-state index in [9.17, 15) is 14.0 Å². The monoisotopic (exact) mass is 353 g/mol. The minimum atomic E-state index is -0.834. The van der Waals surface area contributed by atoms with Crippen LogP contribution in [0.25, 0.3) is 0 Å². The van der Waals surface area contributed by atoms with Crippen LogP contribution in [0.4, 0.5) is 9.18 Å². The Labute approximate surface area is 148 Å². The Hall–Kier alpha value is -2.11. The van der Waals surface area contributed by atoms with Crippen LogP contribution in [0.5, 0.6) is 0 Å². The van der Waals surface area contributed by atoms with Crippen molar-refractivity contribution in [2.24, 2.45) is 0 Å². The van der Waals surface area contributed by atoms with Crippen LogP contribution in [0.15, 0.2) is 18.2 Å². The molecule has 1 N–H and O–H groups in total. The second kappa shape index (κ2) is 8.32. The summed E-state index contributed by atoms with van der Waals surface area (Å²) in [6.45, 7) is 12.2. The standard InChI is InChI=1S/C19H28FNO4/c1-11-10-15(20)8-9-16(11)12(2)14(4)24-17(22)13(3)21-18(23)25-19(5,6)7/h8-10,12-14H,1-7H3,(H,21,23)/t12-,13-,14+/m1/s1. The molecule has 1 aromatic carbocycles. The maximum Gasteiger partial charge on any atom is 0.408 e. The summed E-state index contributed by atoms with van der Waals surface area (Å²) in [4.78, 5) is 23.9. The number of hydrogen-bond acceptors (Lipinski definition) is 4. The van der Waals surface area contributed by atoms with Gasteiger partial charge >= 0.3 is 12.1 Å². The molecule has 0 aromatic heterocycles. The Morgan fingerprint density at radius 2 is 1.76 bits per heavy atom. The van der Waals surface area contributed by atoms with Gasteiger partial charge in [0, 0.05) is 5.92 Å². The smallest absolute Gasteiger partial charge is 0.408 e. The highest BCUT2D eigenvalue weighted by atomic mass is 19.1. The van der Waals surface area contributed by atoms with Gasteiger partial charge in [-0.1, -0.05) is 13.0 Å². The lowest BCUT2D eigenvalue weighted by molar-refractivity contribution is -0.151. The van der Waals surface area contributed by atoms with Gasteiger partial charge in [0.05, 0.1) is 0 Å². The number of carbonyl (C=O) groups is 2. The minimum absolute atomic E-state index is 0.113. The van der Waals surface area contributed by atoms with Crippen LogP contribution in [0, 0.1) is 12.7 Å². The second-order valence-electron chi connectivity index (χ2n) is 7.30. The average Bonchev–Trinajstić information content (AvgIpc) is 2.44. The molecular formula is C19H28FNO4. The van der Waals surface area contributed by atoms with E-state index in [2.05, 4.69) is 5.32 Å². The summed E-state index contributed by atoms with van der Waals surface area (Å²) in [6.07, 6.45) is -1.11. The molecule has 25 heavy (non-hydrogen) atoms. The predicted octanol–water partition coefficient (Wildman–Crippen LogP) is 4.08. The summed E-state index contributed by atoms with van der Waals surface area (Å²) >= 11 is 0. The highest BCUT2D eigenvalue weighted by Gasteiger charge is 2.25. The summed E-state index contributed by atoms with van der Waals surface area (Å²) in [5.74, 6) is -0.962. The molecule has 0 unspecified atom stereocenters. The molecule has 0 saturated carbocycles. The third kappa shape index (κ3) is 6.72.